The normalized spacial score (nSPS) is 17.4. The van der Waals surface area contributed by atoms with E-state index in [1.54, 1.807) is 0 Å². The van der Waals surface area contributed by atoms with Gasteiger partial charge in [-0.05, 0) is 41.8 Å². The minimum Gasteiger partial charge on any atom is -0.493 e. The molecule has 2 heterocycles. The molecule has 4 N–H and O–H groups in total. The van der Waals surface area contributed by atoms with Gasteiger partial charge in [-0.15, -0.1) is 0 Å². The fraction of sp³-hybridized carbons (Fsp3) is 0.211. The van der Waals surface area contributed by atoms with Gasteiger partial charge < -0.3 is 16.3 Å². The van der Waals surface area contributed by atoms with Crippen molar-refractivity contribution in [1.82, 2.24) is 15.4 Å². The van der Waals surface area contributed by atoms with Crippen molar-refractivity contribution in [3.63, 3.8) is 0 Å². The van der Waals surface area contributed by atoms with E-state index in [0.717, 1.165) is 17.7 Å². The molecule has 0 aliphatic carbocycles. The lowest BCUT2D eigenvalue weighted by Crippen LogP contribution is -2.17. The monoisotopic (exact) mass is 367 g/mol. The number of aromatic hydroxyl groups is 1. The first-order valence-electron chi connectivity index (χ1n) is 8.37. The van der Waals surface area contributed by atoms with Crippen molar-refractivity contribution in [2.75, 3.05) is 6.54 Å². The summed E-state index contributed by atoms with van der Waals surface area (Å²) in [6.45, 7) is 0.746. The van der Waals surface area contributed by atoms with E-state index in [1.807, 2.05) is 48.7 Å². The van der Waals surface area contributed by atoms with E-state index >= 15 is 0 Å². The minimum atomic E-state index is -0.436. The molecular formula is C19H18ClN5O. The zero-order chi connectivity index (χ0) is 18.1. The number of hydrazone groups is 1. The smallest absolute Gasteiger partial charge is 0.222 e. The highest BCUT2D eigenvalue weighted by atomic mass is 35.5. The highest BCUT2D eigenvalue weighted by molar-refractivity contribution is 6.30. The first-order chi connectivity index (χ1) is 12.6. The fourth-order valence-corrected chi connectivity index (χ4v) is 3.32. The largest absolute Gasteiger partial charge is 0.493 e. The molecular weight excluding hydrogens is 350 g/mol. The summed E-state index contributed by atoms with van der Waals surface area (Å²) >= 11 is 6.02. The van der Waals surface area contributed by atoms with E-state index in [9.17, 15) is 5.11 Å². The number of halogens is 1. The topological polar surface area (TPSA) is 96.4 Å². The first kappa shape index (κ1) is 16.8. The quantitative estimate of drug-likeness (QED) is 0.658. The van der Waals surface area contributed by atoms with E-state index < -0.39 is 6.04 Å². The van der Waals surface area contributed by atoms with Crippen molar-refractivity contribution in [1.29, 1.82) is 0 Å². The van der Waals surface area contributed by atoms with Crippen LogP contribution in [0.1, 0.15) is 28.9 Å². The highest BCUT2D eigenvalue weighted by Crippen LogP contribution is 2.28. The number of benzene rings is 2. The van der Waals surface area contributed by atoms with Crippen molar-refractivity contribution in [2.24, 2.45) is 10.8 Å². The predicted octanol–water partition coefficient (Wildman–Crippen LogP) is 2.90. The van der Waals surface area contributed by atoms with Gasteiger partial charge in [0.05, 0.1) is 16.9 Å². The average Bonchev–Trinajstić information content (AvgIpc) is 3.16. The summed E-state index contributed by atoms with van der Waals surface area (Å²) in [5.41, 5.74) is 11.9. The van der Waals surface area contributed by atoms with Crippen LogP contribution in [0.3, 0.4) is 0 Å². The lowest BCUT2D eigenvalue weighted by Gasteiger charge is -2.13. The summed E-state index contributed by atoms with van der Waals surface area (Å²) in [6, 6.07) is 12.9. The van der Waals surface area contributed by atoms with Gasteiger partial charge in [-0.1, -0.05) is 29.8 Å². The predicted molar refractivity (Wildman–Crippen MR) is 103 cm³/mol. The molecule has 2 aromatic carbocycles. The maximum absolute atomic E-state index is 10.4. The van der Waals surface area contributed by atoms with E-state index in [-0.39, 0.29) is 11.8 Å². The molecule has 7 heteroatoms. The Balaban J connectivity index is 1.64. The fourth-order valence-electron chi connectivity index (χ4n) is 3.10. The molecule has 1 unspecified atom stereocenters. The summed E-state index contributed by atoms with van der Waals surface area (Å²) in [5, 5.41) is 15.7. The number of nitrogens with two attached hydrogens (primary N) is 1. The summed E-state index contributed by atoms with van der Waals surface area (Å²) < 4.78 is 0. The van der Waals surface area contributed by atoms with Gasteiger partial charge in [-0.2, -0.15) is 10.1 Å². The molecule has 132 valence electrons. The molecule has 1 aliphatic rings. The van der Waals surface area contributed by atoms with Crippen LogP contribution in [-0.4, -0.2) is 27.8 Å². The van der Waals surface area contributed by atoms with Crippen LogP contribution >= 0.6 is 11.6 Å². The van der Waals surface area contributed by atoms with Crippen LogP contribution in [0.4, 0.5) is 0 Å². The van der Waals surface area contributed by atoms with Gasteiger partial charge in [0, 0.05) is 23.7 Å². The molecule has 0 spiro atoms. The molecule has 1 aromatic heterocycles. The number of fused-ring (bicyclic) bond motifs is 1. The molecule has 1 aliphatic heterocycles. The van der Waals surface area contributed by atoms with Gasteiger partial charge in [-0.25, -0.2) is 4.98 Å². The molecule has 4 rings (SSSR count). The summed E-state index contributed by atoms with van der Waals surface area (Å²) in [7, 11) is 0. The number of rotatable bonds is 4. The van der Waals surface area contributed by atoms with Crippen LogP contribution in [0, 0.1) is 0 Å². The molecule has 0 fully saturated rings. The number of nitrogens with zero attached hydrogens (tertiary/aromatic N) is 3. The highest BCUT2D eigenvalue weighted by Gasteiger charge is 2.17. The molecule has 2 atom stereocenters. The Kier molecular flexibility index (Phi) is 4.44. The lowest BCUT2D eigenvalue weighted by molar-refractivity contribution is 0.453. The van der Waals surface area contributed by atoms with Gasteiger partial charge >= 0.3 is 0 Å². The van der Waals surface area contributed by atoms with E-state index in [0.29, 0.717) is 28.2 Å². The van der Waals surface area contributed by atoms with E-state index in [4.69, 9.17) is 17.3 Å². The Morgan fingerprint density at radius 2 is 2.12 bits per heavy atom. The number of hydrogen-bond donors (Lipinski definition) is 3. The van der Waals surface area contributed by atoms with Crippen LogP contribution in [0.25, 0.3) is 10.9 Å². The van der Waals surface area contributed by atoms with E-state index in [2.05, 4.69) is 20.5 Å². The lowest BCUT2D eigenvalue weighted by atomic mass is 9.99. The second-order valence-corrected chi connectivity index (χ2v) is 6.81. The van der Waals surface area contributed by atoms with Gasteiger partial charge in [0.15, 0.2) is 0 Å². The molecule has 0 radical (unpaired) electrons. The second kappa shape index (κ2) is 6.90. The van der Waals surface area contributed by atoms with Gasteiger partial charge in [0.1, 0.15) is 5.82 Å². The maximum atomic E-state index is 10.4. The van der Waals surface area contributed by atoms with Crippen LogP contribution in [0.2, 0.25) is 5.02 Å². The molecule has 0 saturated heterocycles. The average molecular weight is 368 g/mol. The third kappa shape index (κ3) is 3.34. The van der Waals surface area contributed by atoms with Crippen molar-refractivity contribution in [3.8, 4) is 5.88 Å². The van der Waals surface area contributed by atoms with Gasteiger partial charge in [0.2, 0.25) is 5.88 Å². The molecule has 3 aromatic rings. The van der Waals surface area contributed by atoms with Gasteiger partial charge in [-0.3, -0.25) is 0 Å². The summed E-state index contributed by atoms with van der Waals surface area (Å²) in [4.78, 5) is 8.77. The van der Waals surface area contributed by atoms with Crippen LogP contribution < -0.4 is 11.2 Å². The minimum absolute atomic E-state index is 0.0590. The third-order valence-electron chi connectivity index (χ3n) is 4.48. The number of nitrogens with one attached hydrogen (secondary N) is 1. The maximum Gasteiger partial charge on any atom is 0.222 e. The van der Waals surface area contributed by atoms with E-state index in [1.165, 1.54) is 0 Å². The molecule has 0 bridgehead atoms. The third-order valence-corrected chi connectivity index (χ3v) is 4.71. The van der Waals surface area contributed by atoms with Crippen LogP contribution in [-0.2, 0) is 6.42 Å². The zero-order valence-corrected chi connectivity index (χ0v) is 14.7. The Labute approximate surface area is 155 Å². The number of aromatic nitrogens is 2. The number of hydrogen-bond acceptors (Lipinski definition) is 6. The molecule has 26 heavy (non-hydrogen) atoms. The zero-order valence-electron chi connectivity index (χ0n) is 13.9. The molecule has 0 saturated carbocycles. The Bertz CT molecular complexity index is 991. The Morgan fingerprint density at radius 3 is 2.88 bits per heavy atom. The SMILES string of the molecule is N[C@H](Cc1cccc(Cl)c1)c1nc(O)c2cc(C3C=NNC3)ccc2n1. The summed E-state index contributed by atoms with van der Waals surface area (Å²) in [5.74, 6) is 0.534. The second-order valence-electron chi connectivity index (χ2n) is 6.37. The first-order valence-corrected chi connectivity index (χ1v) is 8.74. The van der Waals surface area contributed by atoms with Crippen molar-refractivity contribution < 1.29 is 5.11 Å². The van der Waals surface area contributed by atoms with Crippen LogP contribution in [0.5, 0.6) is 5.88 Å². The Morgan fingerprint density at radius 1 is 1.23 bits per heavy atom. The molecule has 0 amide bonds. The van der Waals surface area contributed by atoms with Crippen molar-refractivity contribution >= 4 is 28.7 Å². The van der Waals surface area contributed by atoms with Gasteiger partial charge in [0.25, 0.3) is 0 Å². The molecule has 6 nitrogen and oxygen atoms in total. The standard InChI is InChI=1S/C19H18ClN5O/c20-14-3-1-2-11(6-14)7-16(21)18-24-17-5-4-12(13-9-22-23-10-13)8-15(17)19(26)25-18/h1-6,8-9,13,16,23H,7,10,21H2,(H,24,25,26)/t13?,16-/m1/s1. The summed E-state index contributed by atoms with van der Waals surface area (Å²) in [6.07, 6.45) is 2.39. The Hall–Kier alpha value is -2.70. The van der Waals surface area contributed by atoms with Crippen molar-refractivity contribution in [2.45, 2.75) is 18.4 Å². The van der Waals surface area contributed by atoms with Crippen molar-refractivity contribution in [3.05, 3.63) is 64.4 Å². The van der Waals surface area contributed by atoms with Crippen LogP contribution in [0.15, 0.2) is 47.6 Å².